The van der Waals surface area contributed by atoms with Gasteiger partial charge in [0.05, 0.1) is 5.69 Å². The maximum absolute atomic E-state index is 6.25. The van der Waals surface area contributed by atoms with E-state index < -0.39 is 0 Å². The van der Waals surface area contributed by atoms with Crippen LogP contribution in [0.4, 0.5) is 17.5 Å². The first-order valence-electron chi connectivity index (χ1n) is 9.22. The van der Waals surface area contributed by atoms with Crippen molar-refractivity contribution in [3.8, 4) is 11.3 Å². The highest BCUT2D eigenvalue weighted by atomic mass is 35.5. The van der Waals surface area contributed by atoms with Gasteiger partial charge < -0.3 is 15.5 Å². The molecule has 0 spiro atoms. The van der Waals surface area contributed by atoms with E-state index in [1.54, 1.807) is 12.4 Å². The molecule has 1 aromatic carbocycles. The smallest absolute Gasteiger partial charge is 0.225 e. The summed E-state index contributed by atoms with van der Waals surface area (Å²) in [6.45, 7) is 3.78. The Morgan fingerprint density at radius 3 is 2.54 bits per heavy atom. The fourth-order valence-corrected chi connectivity index (χ4v) is 2.86. The third-order valence-corrected chi connectivity index (χ3v) is 4.62. The Balaban J connectivity index is 1.85. The van der Waals surface area contributed by atoms with Crippen molar-refractivity contribution in [3.05, 3.63) is 59.4 Å². The number of nitrogens with zero attached hydrogens (tertiary/aromatic N) is 4. The summed E-state index contributed by atoms with van der Waals surface area (Å²) in [5, 5.41) is 7.38. The van der Waals surface area contributed by atoms with Gasteiger partial charge in [0.1, 0.15) is 5.82 Å². The van der Waals surface area contributed by atoms with Crippen LogP contribution >= 0.6 is 11.6 Å². The molecular formula is C21H25ClN6. The Kier molecular flexibility index (Phi) is 6.79. The van der Waals surface area contributed by atoms with Gasteiger partial charge in [-0.25, -0.2) is 4.98 Å². The van der Waals surface area contributed by atoms with Gasteiger partial charge in [-0.3, -0.25) is 4.98 Å². The fraction of sp³-hybridized carbons (Fsp3) is 0.286. The summed E-state index contributed by atoms with van der Waals surface area (Å²) in [6, 6.07) is 11.7. The van der Waals surface area contributed by atoms with E-state index in [1.807, 2.05) is 43.3 Å². The van der Waals surface area contributed by atoms with E-state index in [0.717, 1.165) is 47.0 Å². The van der Waals surface area contributed by atoms with E-state index in [2.05, 4.69) is 44.6 Å². The molecule has 6 nitrogen and oxygen atoms in total. The average molecular weight is 397 g/mol. The molecule has 0 unspecified atom stereocenters. The molecule has 0 bridgehead atoms. The van der Waals surface area contributed by atoms with Crippen LogP contribution in [0.3, 0.4) is 0 Å². The summed E-state index contributed by atoms with van der Waals surface area (Å²) in [5.41, 5.74) is 3.73. The molecule has 0 saturated heterocycles. The highest BCUT2D eigenvalue weighted by molar-refractivity contribution is 6.31. The molecule has 2 aromatic heterocycles. The Morgan fingerprint density at radius 2 is 1.82 bits per heavy atom. The molecule has 0 aliphatic carbocycles. The van der Waals surface area contributed by atoms with Crippen molar-refractivity contribution in [2.24, 2.45) is 0 Å². The number of aromatic nitrogens is 3. The lowest BCUT2D eigenvalue weighted by Gasteiger charge is -2.13. The Labute approximate surface area is 171 Å². The zero-order valence-electron chi connectivity index (χ0n) is 16.4. The van der Waals surface area contributed by atoms with Gasteiger partial charge >= 0.3 is 0 Å². The van der Waals surface area contributed by atoms with Crippen LogP contribution in [0.25, 0.3) is 11.3 Å². The lowest BCUT2D eigenvalue weighted by molar-refractivity contribution is 0.405. The fourth-order valence-electron chi connectivity index (χ4n) is 2.67. The van der Waals surface area contributed by atoms with Crippen molar-refractivity contribution in [2.45, 2.75) is 13.3 Å². The minimum Gasteiger partial charge on any atom is -0.354 e. The second-order valence-electron chi connectivity index (χ2n) is 6.87. The zero-order valence-corrected chi connectivity index (χ0v) is 17.2. The van der Waals surface area contributed by atoms with Gasteiger partial charge in [0.15, 0.2) is 0 Å². The number of aryl methyl sites for hydroxylation is 1. The molecule has 3 rings (SSSR count). The SMILES string of the molecule is Cc1ccc(Nc2cc(-c3ccncc3)nc(NCCCN(C)C)n2)cc1Cl. The first kappa shape index (κ1) is 20.0. The molecular weight excluding hydrogens is 372 g/mol. The van der Waals surface area contributed by atoms with Crippen molar-refractivity contribution in [3.63, 3.8) is 0 Å². The van der Waals surface area contributed by atoms with Crippen molar-refractivity contribution < 1.29 is 0 Å². The van der Waals surface area contributed by atoms with E-state index in [0.29, 0.717) is 11.8 Å². The van der Waals surface area contributed by atoms with E-state index in [1.165, 1.54) is 0 Å². The number of nitrogens with one attached hydrogen (secondary N) is 2. The van der Waals surface area contributed by atoms with Gasteiger partial charge in [0.25, 0.3) is 0 Å². The zero-order chi connectivity index (χ0) is 19.9. The Hall–Kier alpha value is -2.70. The third-order valence-electron chi connectivity index (χ3n) is 4.21. The quantitative estimate of drug-likeness (QED) is 0.542. The van der Waals surface area contributed by atoms with E-state index in [-0.39, 0.29) is 0 Å². The number of pyridine rings is 1. The van der Waals surface area contributed by atoms with Crippen LogP contribution in [0, 0.1) is 6.92 Å². The number of halogens is 1. The first-order valence-corrected chi connectivity index (χ1v) is 9.60. The summed E-state index contributed by atoms with van der Waals surface area (Å²) in [7, 11) is 4.13. The lowest BCUT2D eigenvalue weighted by Crippen LogP contribution is -2.17. The summed E-state index contributed by atoms with van der Waals surface area (Å²) in [4.78, 5) is 15.5. The summed E-state index contributed by atoms with van der Waals surface area (Å²) in [5.74, 6) is 1.30. The highest BCUT2D eigenvalue weighted by Gasteiger charge is 2.08. The number of hydrogen-bond donors (Lipinski definition) is 2. The lowest BCUT2D eigenvalue weighted by atomic mass is 10.2. The molecule has 2 N–H and O–H groups in total. The predicted octanol–water partition coefficient (Wildman–Crippen LogP) is 4.61. The number of benzene rings is 1. The number of rotatable bonds is 8. The van der Waals surface area contributed by atoms with Crippen LogP contribution in [-0.2, 0) is 0 Å². The first-order chi connectivity index (χ1) is 13.5. The topological polar surface area (TPSA) is 66.0 Å². The Bertz CT molecular complexity index is 914. The molecule has 3 aromatic rings. The van der Waals surface area contributed by atoms with Crippen molar-refractivity contribution in [1.82, 2.24) is 19.9 Å². The standard InChI is InChI=1S/C21H25ClN6/c1-15-5-6-17(13-18(15)22)25-20-14-19(16-7-10-23-11-8-16)26-21(27-20)24-9-4-12-28(2)3/h5-8,10-11,13-14H,4,9,12H2,1-3H3,(H2,24,25,26,27). The van der Waals surface area contributed by atoms with E-state index >= 15 is 0 Å². The maximum atomic E-state index is 6.25. The van der Waals surface area contributed by atoms with Crippen LogP contribution in [0.5, 0.6) is 0 Å². The molecule has 0 radical (unpaired) electrons. The second-order valence-corrected chi connectivity index (χ2v) is 7.28. The summed E-state index contributed by atoms with van der Waals surface area (Å²) in [6.07, 6.45) is 4.52. The average Bonchev–Trinajstić information content (AvgIpc) is 2.68. The van der Waals surface area contributed by atoms with Gasteiger partial charge in [0, 0.05) is 41.3 Å². The largest absolute Gasteiger partial charge is 0.354 e. The maximum Gasteiger partial charge on any atom is 0.225 e. The molecule has 0 saturated carbocycles. The van der Waals surface area contributed by atoms with Crippen molar-refractivity contribution in [2.75, 3.05) is 37.8 Å². The second kappa shape index (κ2) is 9.48. The number of hydrogen-bond acceptors (Lipinski definition) is 6. The molecule has 146 valence electrons. The van der Waals surface area contributed by atoms with Gasteiger partial charge in [-0.15, -0.1) is 0 Å². The highest BCUT2D eigenvalue weighted by Crippen LogP contribution is 2.25. The van der Waals surface area contributed by atoms with Crippen LogP contribution in [0.1, 0.15) is 12.0 Å². The molecule has 0 amide bonds. The molecule has 0 aliphatic rings. The predicted molar refractivity (Wildman–Crippen MR) is 116 cm³/mol. The molecule has 7 heteroatoms. The summed E-state index contributed by atoms with van der Waals surface area (Å²) < 4.78 is 0. The normalized spacial score (nSPS) is 10.9. The van der Waals surface area contributed by atoms with Crippen LogP contribution in [-0.4, -0.2) is 47.0 Å². The van der Waals surface area contributed by atoms with Crippen LogP contribution in [0.2, 0.25) is 5.02 Å². The van der Waals surface area contributed by atoms with E-state index in [4.69, 9.17) is 11.6 Å². The van der Waals surface area contributed by atoms with E-state index in [9.17, 15) is 0 Å². The minimum absolute atomic E-state index is 0.591. The molecule has 0 atom stereocenters. The molecule has 28 heavy (non-hydrogen) atoms. The van der Waals surface area contributed by atoms with Gasteiger partial charge in [0.2, 0.25) is 5.95 Å². The molecule has 0 aliphatic heterocycles. The third kappa shape index (κ3) is 5.65. The van der Waals surface area contributed by atoms with Gasteiger partial charge in [-0.2, -0.15) is 4.98 Å². The minimum atomic E-state index is 0.591. The van der Waals surface area contributed by atoms with Crippen molar-refractivity contribution >= 4 is 29.1 Å². The summed E-state index contributed by atoms with van der Waals surface area (Å²) >= 11 is 6.25. The Morgan fingerprint density at radius 1 is 1.04 bits per heavy atom. The number of anilines is 3. The van der Waals surface area contributed by atoms with Crippen molar-refractivity contribution in [1.29, 1.82) is 0 Å². The molecule has 2 heterocycles. The molecule has 0 fully saturated rings. The van der Waals surface area contributed by atoms with Crippen LogP contribution < -0.4 is 10.6 Å². The van der Waals surface area contributed by atoms with Gasteiger partial charge in [-0.1, -0.05) is 17.7 Å². The van der Waals surface area contributed by atoms with Crippen LogP contribution in [0.15, 0.2) is 48.8 Å². The monoisotopic (exact) mass is 396 g/mol. The van der Waals surface area contributed by atoms with Gasteiger partial charge in [-0.05, 0) is 63.8 Å².